The number of aliphatic imine (C=N–C) groups is 3. The molecule has 23 heteroatoms. The molecule has 10 aliphatic heterocycles. The Morgan fingerprint density at radius 2 is 0.672 bits per heavy atom. The number of benzene rings is 7. The zero-order chi connectivity index (χ0) is 82.8. The van der Waals surface area contributed by atoms with Crippen LogP contribution in [0, 0.1) is 5.92 Å². The van der Waals surface area contributed by atoms with Crippen molar-refractivity contribution in [1.29, 1.82) is 0 Å². The highest BCUT2D eigenvalue weighted by molar-refractivity contribution is 8.01. The lowest BCUT2D eigenvalue weighted by Gasteiger charge is -2.26. The van der Waals surface area contributed by atoms with E-state index in [2.05, 4.69) is 188 Å². The third kappa shape index (κ3) is 19.7. The van der Waals surface area contributed by atoms with E-state index in [0.717, 1.165) is 137 Å². The van der Waals surface area contributed by atoms with Crippen molar-refractivity contribution < 1.29 is 43.0 Å². The van der Waals surface area contributed by atoms with Crippen LogP contribution in [0.15, 0.2) is 293 Å². The Labute approximate surface area is 700 Å². The topological polar surface area (TPSA) is 283 Å². The Morgan fingerprint density at radius 1 is 0.311 bits per heavy atom. The van der Waals surface area contributed by atoms with Gasteiger partial charge in [0.2, 0.25) is 29.5 Å². The molecule has 119 heavy (non-hydrogen) atoms. The Kier molecular flexibility index (Phi) is 25.4. The lowest BCUT2D eigenvalue weighted by atomic mass is 9.88. The molecule has 7 atom stereocenters. The first kappa shape index (κ1) is 81.7. The fourth-order valence-corrected chi connectivity index (χ4v) is 18.0. The van der Waals surface area contributed by atoms with E-state index in [-0.39, 0.29) is 69.9 Å². The van der Waals surface area contributed by atoms with Crippen LogP contribution in [-0.4, -0.2) is 131 Å². The van der Waals surface area contributed by atoms with Crippen molar-refractivity contribution in [1.82, 2.24) is 47.9 Å². The molecule has 7 saturated heterocycles. The number of nitrogens with one attached hydrogen (secondary N) is 9. The van der Waals surface area contributed by atoms with Gasteiger partial charge in [0.15, 0.2) is 12.2 Å². The van der Waals surface area contributed by atoms with Gasteiger partial charge in [-0.15, -0.1) is 23.5 Å². The van der Waals surface area contributed by atoms with Crippen molar-refractivity contribution in [3.8, 4) is 0 Å². The minimum atomic E-state index is -0.576. The van der Waals surface area contributed by atoms with Crippen molar-refractivity contribution in [2.75, 3.05) is 37.8 Å². The maximum atomic E-state index is 11.9. The molecule has 0 aromatic heterocycles. The average molecular weight is 1620 g/mol. The molecular formula is C96H92N12O9S2. The van der Waals surface area contributed by atoms with Crippen molar-refractivity contribution in [3.05, 3.63) is 339 Å². The Hall–Kier alpha value is -12.5. The number of para-hydroxylation sites is 3. The van der Waals surface area contributed by atoms with Crippen molar-refractivity contribution >= 4 is 123 Å². The van der Waals surface area contributed by atoms with Crippen LogP contribution in [0.25, 0.3) is 24.3 Å². The van der Waals surface area contributed by atoms with E-state index < -0.39 is 12.2 Å². The van der Waals surface area contributed by atoms with Gasteiger partial charge in [0.1, 0.15) is 22.6 Å². The number of amides is 7. The Bertz CT molecular complexity index is 4690. The largest absolute Gasteiger partial charge is 0.358 e. The van der Waals surface area contributed by atoms with Crippen LogP contribution in [0.3, 0.4) is 0 Å². The van der Waals surface area contributed by atoms with Gasteiger partial charge in [-0.2, -0.15) is 0 Å². The molecule has 14 aliphatic rings. The summed E-state index contributed by atoms with van der Waals surface area (Å²) in [4.78, 5) is 96.5. The first-order valence-corrected chi connectivity index (χ1v) is 41.7. The molecule has 7 aromatic carbocycles. The number of hydrogen-bond acceptors (Lipinski definition) is 16. The fraction of sp³-hybridized carbons (Fsp3) is 0.229. The zero-order valence-electron chi connectivity index (χ0n) is 65.9. The first-order valence-electron chi connectivity index (χ1n) is 39.6. The number of morpholine rings is 2. The molecule has 7 fully saturated rings. The quantitative estimate of drug-likeness (QED) is 0.0719. The standard InChI is InChI=1S/C15H15NO.C14H14N2O.C14H13NO2.C14H13NOS.C13H13N3O.C13H12N2O2.C13H12N2OS/c1-10-6-7-14(15(17)16-10)13-8-11-4-2-3-5-12(11)9-13;1-9-8-15-13(14(17)16-9)12-6-10-4-2-3-5-11(10)7-12;2*1-9-8-17-13(14(16)15-9)12-6-10-4-2-3-5-11(10)7-12;1-8-7-14-12(13(17)15-8)11-6-9-4-2-3-5-10(9)16-11;2*1-8-7-17-12(13(16)14-8)11-6-9-4-2-3-5-10(9)15-11/h2-5,8,14H,1,6-7,9H2,(H,16,17);2-6,13,15H,1,7-8H2,(H,16,17);2*2-6,13H,1,7-8H2,(H,15,16);2-5,12,14H,1,6-7H2,(H,15,17);2*2-5,12H,1,6-7H2,(H,14,16). The second-order valence-corrected chi connectivity index (χ2v) is 32.9. The van der Waals surface area contributed by atoms with E-state index in [0.29, 0.717) is 49.8 Å². The van der Waals surface area contributed by atoms with Crippen LogP contribution in [0.5, 0.6) is 0 Å². The van der Waals surface area contributed by atoms with E-state index in [1.807, 2.05) is 115 Å². The lowest BCUT2D eigenvalue weighted by molar-refractivity contribution is -0.132. The van der Waals surface area contributed by atoms with Crippen molar-refractivity contribution in [3.63, 3.8) is 0 Å². The van der Waals surface area contributed by atoms with Crippen LogP contribution < -0.4 is 47.9 Å². The molecule has 21 rings (SSSR count). The molecule has 0 spiro atoms. The smallest absolute Gasteiger partial charge is 0.259 e. The summed E-state index contributed by atoms with van der Waals surface area (Å²) >= 11 is 3.27. The summed E-state index contributed by atoms with van der Waals surface area (Å²) in [5.41, 5.74) is 28.9. The summed E-state index contributed by atoms with van der Waals surface area (Å²) in [6.45, 7) is 28.2. The normalized spacial score (nSPS) is 23.1. The van der Waals surface area contributed by atoms with Crippen molar-refractivity contribution in [2.45, 2.75) is 92.6 Å². The number of carbonyl (C=O) groups is 7. The predicted octanol–water partition coefficient (Wildman–Crippen LogP) is 12.2. The summed E-state index contributed by atoms with van der Waals surface area (Å²) < 4.78 is 11.0. The highest BCUT2D eigenvalue weighted by Gasteiger charge is 2.38. The van der Waals surface area contributed by atoms with Gasteiger partial charge in [-0.3, -0.25) is 59.2 Å². The van der Waals surface area contributed by atoms with Crippen molar-refractivity contribution in [2.24, 2.45) is 20.9 Å². The van der Waals surface area contributed by atoms with Gasteiger partial charge in [-0.05, 0) is 135 Å². The average Bonchev–Trinajstić information content (AvgIpc) is 1.73. The first-order chi connectivity index (χ1) is 57.7. The van der Waals surface area contributed by atoms with Gasteiger partial charge in [-0.25, -0.2) is 0 Å². The number of piperidine rings is 1. The van der Waals surface area contributed by atoms with E-state index in [1.165, 1.54) is 66.8 Å². The predicted molar refractivity (Wildman–Crippen MR) is 473 cm³/mol. The third-order valence-corrected chi connectivity index (χ3v) is 24.5. The van der Waals surface area contributed by atoms with E-state index in [9.17, 15) is 33.6 Å². The van der Waals surface area contributed by atoms with Gasteiger partial charge >= 0.3 is 0 Å². The molecule has 21 nitrogen and oxygen atoms in total. The molecule has 7 amide bonds. The van der Waals surface area contributed by atoms with Gasteiger partial charge in [0.05, 0.1) is 41.9 Å². The number of fused-ring (bicyclic) bond motifs is 7. The molecule has 0 bridgehead atoms. The number of nitrogens with zero attached hydrogens (tertiary/aromatic N) is 3. The summed E-state index contributed by atoms with van der Waals surface area (Å²) in [7, 11) is 0. The number of rotatable bonds is 7. The summed E-state index contributed by atoms with van der Waals surface area (Å²) in [5, 5.41) is 25.6. The van der Waals surface area contributed by atoms with Crippen LogP contribution in [0.4, 0.5) is 17.1 Å². The number of ether oxygens (including phenoxy) is 2. The zero-order valence-corrected chi connectivity index (χ0v) is 67.5. The highest BCUT2D eigenvalue weighted by Crippen LogP contribution is 2.39. The van der Waals surface area contributed by atoms with Gasteiger partial charge in [-0.1, -0.05) is 228 Å². The number of carbonyl (C=O) groups excluding carboxylic acids is 7. The number of piperazine rings is 2. The van der Waals surface area contributed by atoms with E-state index >= 15 is 0 Å². The maximum absolute atomic E-state index is 11.9. The molecule has 10 heterocycles. The maximum Gasteiger partial charge on any atom is 0.259 e. The summed E-state index contributed by atoms with van der Waals surface area (Å²) in [6.07, 6.45) is 14.9. The molecule has 0 radical (unpaired) electrons. The number of thioether (sulfide) groups is 2. The minimum absolute atomic E-state index is 0.000283. The van der Waals surface area contributed by atoms with E-state index in [1.54, 1.807) is 23.5 Å². The molecule has 602 valence electrons. The minimum Gasteiger partial charge on any atom is -0.358 e. The second kappa shape index (κ2) is 37.0. The number of hydrogen-bond donors (Lipinski definition) is 9. The van der Waals surface area contributed by atoms with Crippen LogP contribution >= 0.6 is 23.5 Å². The Morgan fingerprint density at radius 3 is 1.14 bits per heavy atom. The van der Waals surface area contributed by atoms with E-state index in [4.69, 9.17) is 9.47 Å². The van der Waals surface area contributed by atoms with Gasteiger partial charge in [0, 0.05) is 95.2 Å². The molecule has 0 saturated carbocycles. The van der Waals surface area contributed by atoms with Crippen LogP contribution in [-0.2, 0) is 88.0 Å². The molecule has 9 N–H and O–H groups in total. The lowest BCUT2D eigenvalue weighted by Crippen LogP contribution is -2.55. The monoisotopic (exact) mass is 1620 g/mol. The highest BCUT2D eigenvalue weighted by atomic mass is 32.2. The molecule has 7 unspecified atom stereocenters. The molecular weight excluding hydrogens is 1530 g/mol. The molecule has 7 aromatic rings. The Balaban J connectivity index is 0.000000108. The number of allylic oxidation sites excluding steroid dienone is 1. The van der Waals surface area contributed by atoms with Gasteiger partial charge in [0.25, 0.3) is 11.8 Å². The van der Waals surface area contributed by atoms with Gasteiger partial charge < -0.3 is 46.7 Å². The van der Waals surface area contributed by atoms with Crippen LogP contribution in [0.1, 0.15) is 74.0 Å². The second-order valence-electron chi connectivity index (χ2n) is 30.7. The summed E-state index contributed by atoms with van der Waals surface area (Å²) in [5.74, 6) is 1.47. The molecule has 4 aliphatic carbocycles. The summed E-state index contributed by atoms with van der Waals surface area (Å²) in [6, 6.07) is 56.4. The van der Waals surface area contributed by atoms with Crippen LogP contribution in [0.2, 0.25) is 0 Å². The SMILES string of the molecule is C=C1CCC(C2=Cc3ccccc3C2)C(=O)N1.C=C1CNC(C2=Cc3ccccc3C2)C(=O)N1.C=C1CNC(C2=Nc3ccccc3C2)C(=O)N1.C=C1COC(C2=Cc3ccccc3C2)C(=O)N1.C=C1COC(C2=Nc3ccccc3C2)C(=O)N1.C=C1CSC(C2=Cc3ccccc3C2)C(=O)N1.C=C1CSC(C2=Nc3ccccc3C2)C(=O)N1. The third-order valence-electron chi connectivity index (χ3n) is 21.8. The fourth-order valence-electron chi connectivity index (χ4n) is 16.0.